The zero-order valence-corrected chi connectivity index (χ0v) is 12.0. The van der Waals surface area contributed by atoms with Gasteiger partial charge in [-0.3, -0.25) is 14.5 Å². The number of fused-ring (bicyclic) bond motifs is 1. The lowest BCUT2D eigenvalue weighted by atomic mass is 10.1. The Kier molecular flexibility index (Phi) is 3.59. The normalized spacial score (nSPS) is 14.0. The Morgan fingerprint density at radius 1 is 1.00 bits per heavy atom. The van der Waals surface area contributed by atoms with Crippen molar-refractivity contribution in [2.75, 3.05) is 6.54 Å². The molecule has 0 atom stereocenters. The van der Waals surface area contributed by atoms with Crippen molar-refractivity contribution in [3.8, 4) is 0 Å². The summed E-state index contributed by atoms with van der Waals surface area (Å²) >= 11 is 0. The van der Waals surface area contributed by atoms with Crippen LogP contribution in [0.5, 0.6) is 0 Å². The van der Waals surface area contributed by atoms with E-state index in [2.05, 4.69) is 0 Å². The summed E-state index contributed by atoms with van der Waals surface area (Å²) in [5.41, 5.74) is 1.84. The fraction of sp³-hybridized carbons (Fsp3) is 0.111. The van der Waals surface area contributed by atoms with E-state index in [1.165, 1.54) is 0 Å². The van der Waals surface area contributed by atoms with Crippen molar-refractivity contribution in [1.29, 1.82) is 0 Å². The number of halogens is 1. The van der Waals surface area contributed by atoms with E-state index in [0.29, 0.717) is 22.3 Å². The van der Waals surface area contributed by atoms with Crippen LogP contribution in [0, 0.1) is 12.7 Å². The quantitative estimate of drug-likeness (QED) is 0.813. The molecule has 110 valence electrons. The fourth-order valence-corrected chi connectivity index (χ4v) is 2.49. The van der Waals surface area contributed by atoms with Crippen LogP contribution in [-0.2, 0) is 0 Å². The van der Waals surface area contributed by atoms with Crippen LogP contribution in [0.1, 0.15) is 31.8 Å². The van der Waals surface area contributed by atoms with E-state index in [9.17, 15) is 14.0 Å². The van der Waals surface area contributed by atoms with Crippen LogP contribution >= 0.6 is 0 Å². The summed E-state index contributed by atoms with van der Waals surface area (Å²) in [5, 5.41) is 0. The average molecular weight is 295 g/mol. The van der Waals surface area contributed by atoms with Gasteiger partial charge in [-0.15, -0.1) is 0 Å². The lowest BCUT2D eigenvalue weighted by molar-refractivity contribution is 0.0672. The molecule has 0 aliphatic carbocycles. The number of nitrogens with zero attached hydrogens (tertiary/aromatic N) is 1. The van der Waals surface area contributed by atoms with Crippen molar-refractivity contribution in [1.82, 2.24) is 4.90 Å². The first kappa shape index (κ1) is 14.2. The van der Waals surface area contributed by atoms with E-state index in [-0.39, 0.29) is 24.2 Å². The zero-order valence-electron chi connectivity index (χ0n) is 12.0. The summed E-state index contributed by atoms with van der Waals surface area (Å²) < 4.78 is 13.9. The van der Waals surface area contributed by atoms with Gasteiger partial charge in [0.1, 0.15) is 5.82 Å². The highest BCUT2D eigenvalue weighted by molar-refractivity contribution is 6.21. The fourth-order valence-electron chi connectivity index (χ4n) is 2.49. The zero-order chi connectivity index (χ0) is 15.7. The molecule has 0 bridgehead atoms. The second-order valence-corrected chi connectivity index (χ2v) is 5.15. The molecule has 0 saturated heterocycles. The molecule has 1 heterocycles. The molecule has 0 spiro atoms. The number of rotatable bonds is 3. The minimum absolute atomic E-state index is 0.125. The molecule has 1 aliphatic rings. The van der Waals surface area contributed by atoms with Crippen molar-refractivity contribution in [2.45, 2.75) is 6.92 Å². The Balaban J connectivity index is 1.78. The first-order valence-electron chi connectivity index (χ1n) is 6.96. The van der Waals surface area contributed by atoms with Gasteiger partial charge in [0, 0.05) is 12.1 Å². The monoisotopic (exact) mass is 295 g/mol. The molecule has 22 heavy (non-hydrogen) atoms. The van der Waals surface area contributed by atoms with Gasteiger partial charge in [-0.1, -0.05) is 42.5 Å². The largest absolute Gasteiger partial charge is 0.270 e. The summed E-state index contributed by atoms with van der Waals surface area (Å²) in [7, 11) is 0. The minimum atomic E-state index is -0.310. The number of carbonyl (C=O) groups excluding carboxylic acids is 2. The van der Waals surface area contributed by atoms with Gasteiger partial charge in [0.25, 0.3) is 11.8 Å². The van der Waals surface area contributed by atoms with Crippen molar-refractivity contribution >= 4 is 17.9 Å². The van der Waals surface area contributed by atoms with Gasteiger partial charge in [0.05, 0.1) is 11.1 Å². The number of carbonyl (C=O) groups is 2. The molecule has 0 N–H and O–H groups in total. The third kappa shape index (κ3) is 2.33. The van der Waals surface area contributed by atoms with Crippen molar-refractivity contribution < 1.29 is 14.0 Å². The number of benzene rings is 2. The third-order valence-corrected chi connectivity index (χ3v) is 3.69. The predicted octanol–water partition coefficient (Wildman–Crippen LogP) is 3.44. The topological polar surface area (TPSA) is 37.4 Å². The first-order chi connectivity index (χ1) is 10.6. The van der Waals surface area contributed by atoms with Gasteiger partial charge >= 0.3 is 0 Å². The maximum Gasteiger partial charge on any atom is 0.261 e. The molecule has 2 aromatic rings. The molecular formula is C18H14FNO2. The molecule has 0 radical (unpaired) electrons. The van der Waals surface area contributed by atoms with Crippen LogP contribution in [0.2, 0.25) is 0 Å². The average Bonchev–Trinajstić information content (AvgIpc) is 2.77. The molecule has 0 saturated carbocycles. The van der Waals surface area contributed by atoms with Crippen LogP contribution in [-0.4, -0.2) is 23.3 Å². The Morgan fingerprint density at radius 3 is 2.27 bits per heavy atom. The van der Waals surface area contributed by atoms with Crippen molar-refractivity contribution in [2.24, 2.45) is 0 Å². The first-order valence-corrected chi connectivity index (χ1v) is 6.96. The molecule has 3 rings (SSSR count). The van der Waals surface area contributed by atoms with Crippen LogP contribution in [0.25, 0.3) is 6.08 Å². The van der Waals surface area contributed by atoms with Gasteiger partial charge in [0.2, 0.25) is 0 Å². The lowest BCUT2D eigenvalue weighted by Gasteiger charge is -2.10. The van der Waals surface area contributed by atoms with Gasteiger partial charge in [-0.25, -0.2) is 4.39 Å². The summed E-state index contributed by atoms with van der Waals surface area (Å²) in [4.78, 5) is 25.5. The summed E-state index contributed by atoms with van der Waals surface area (Å²) in [6.07, 6.45) is 3.21. The molecule has 2 amide bonds. The van der Waals surface area contributed by atoms with E-state index < -0.39 is 0 Å². The van der Waals surface area contributed by atoms with E-state index in [1.807, 2.05) is 0 Å². The third-order valence-electron chi connectivity index (χ3n) is 3.69. The number of hydrogen-bond donors (Lipinski definition) is 0. The van der Waals surface area contributed by atoms with Gasteiger partial charge in [-0.2, -0.15) is 0 Å². The molecule has 0 fully saturated rings. The highest BCUT2D eigenvalue weighted by Gasteiger charge is 2.34. The Bertz CT molecular complexity index is 760. The molecule has 4 heteroatoms. The van der Waals surface area contributed by atoms with Gasteiger partial charge < -0.3 is 0 Å². The smallest absolute Gasteiger partial charge is 0.261 e. The molecule has 3 nitrogen and oxygen atoms in total. The van der Waals surface area contributed by atoms with Crippen molar-refractivity contribution in [3.05, 3.63) is 76.6 Å². The minimum Gasteiger partial charge on any atom is -0.270 e. The van der Waals surface area contributed by atoms with E-state index in [4.69, 9.17) is 0 Å². The molecule has 1 aliphatic heterocycles. The van der Waals surface area contributed by atoms with Gasteiger partial charge in [0.15, 0.2) is 0 Å². The predicted molar refractivity (Wildman–Crippen MR) is 82.0 cm³/mol. The SMILES string of the molecule is Cc1cccc(C=CCN2C(=O)c3ccccc3C2=O)c1F. The maximum atomic E-state index is 13.9. The highest BCUT2D eigenvalue weighted by Crippen LogP contribution is 2.22. The van der Waals surface area contributed by atoms with Crippen LogP contribution in [0.3, 0.4) is 0 Å². The molecule has 0 aromatic heterocycles. The molecule has 2 aromatic carbocycles. The maximum absolute atomic E-state index is 13.9. The summed E-state index contributed by atoms with van der Waals surface area (Å²) in [5.74, 6) is -0.911. The van der Waals surface area contributed by atoms with Crippen molar-refractivity contribution in [3.63, 3.8) is 0 Å². The highest BCUT2D eigenvalue weighted by atomic mass is 19.1. The Hall–Kier alpha value is -2.75. The molecular weight excluding hydrogens is 281 g/mol. The lowest BCUT2D eigenvalue weighted by Crippen LogP contribution is -2.29. The standard InChI is InChI=1S/C18H14FNO2/c1-12-6-4-7-13(16(12)19)8-5-11-20-17(21)14-9-2-3-10-15(14)18(20)22/h2-10H,11H2,1H3. The number of hydrogen-bond acceptors (Lipinski definition) is 2. The van der Waals surface area contributed by atoms with Crippen LogP contribution < -0.4 is 0 Å². The molecule has 0 unspecified atom stereocenters. The Labute approximate surface area is 127 Å². The second-order valence-electron chi connectivity index (χ2n) is 5.15. The van der Waals surface area contributed by atoms with E-state index in [0.717, 1.165) is 4.90 Å². The number of aryl methyl sites for hydroxylation is 1. The van der Waals surface area contributed by atoms with E-state index in [1.54, 1.807) is 61.5 Å². The number of imide groups is 1. The summed E-state index contributed by atoms with van der Waals surface area (Å²) in [6.45, 7) is 1.82. The summed E-state index contributed by atoms with van der Waals surface area (Å²) in [6, 6.07) is 11.8. The van der Waals surface area contributed by atoms with Crippen LogP contribution in [0.15, 0.2) is 48.5 Å². The van der Waals surface area contributed by atoms with E-state index >= 15 is 0 Å². The number of amides is 2. The van der Waals surface area contributed by atoms with Crippen LogP contribution in [0.4, 0.5) is 4.39 Å². The van der Waals surface area contributed by atoms with Gasteiger partial charge in [-0.05, 0) is 24.6 Å². The Morgan fingerprint density at radius 2 is 1.64 bits per heavy atom. The second kappa shape index (κ2) is 5.56.